The Bertz CT molecular complexity index is 1850. The molecular weight excluding hydrogens is 829 g/mol. The Kier molecular flexibility index (Phi) is 6.70. The molecule has 35 heavy (non-hydrogen) atoms. The first-order chi connectivity index (χ1) is 16.5. The Balaban J connectivity index is 1.85. The fourth-order valence-corrected chi connectivity index (χ4v) is 10.5. The summed E-state index contributed by atoms with van der Waals surface area (Å²) in [5, 5.41) is 2.56. The first-order valence-corrected chi connectivity index (χ1v) is 16.0. The lowest BCUT2D eigenvalue weighted by Crippen LogP contribution is -2.15. The number of fused-ring (bicyclic) bond motifs is 3. The zero-order chi connectivity index (χ0) is 25.1. The fourth-order valence-electron chi connectivity index (χ4n) is 4.09. The summed E-state index contributed by atoms with van der Waals surface area (Å²) in [7, 11) is -8.97. The molecule has 0 unspecified atom stereocenters. The number of rotatable bonds is 4. The number of hydrogen-bond acceptors (Lipinski definition) is 5. The maximum atomic E-state index is 13.8. The zero-order valence-electron chi connectivity index (χ0n) is 17.4. The van der Waals surface area contributed by atoms with Gasteiger partial charge in [-0.1, -0.05) is 72.8 Å². The Hall–Kier alpha value is -1.27. The smallest absolute Gasteiger partial charge is 0.341 e. The highest BCUT2D eigenvalue weighted by Crippen LogP contribution is 2.43. The standard InChI is InChI=1S/C24H13I3O6S2/c25-19-13-7-1-2-8-14(13)20(26)24(21(19)27)35(31,32)33-22-15-9-3-5-11-17(15)23(34(28,29)30)18-12-6-4-10-16(18)22/h1-12H,(H,28,29,30). The minimum Gasteiger partial charge on any atom is -0.378 e. The Morgan fingerprint density at radius 2 is 0.943 bits per heavy atom. The van der Waals surface area contributed by atoms with Gasteiger partial charge in [-0.3, -0.25) is 4.55 Å². The topological polar surface area (TPSA) is 97.7 Å². The maximum absolute atomic E-state index is 13.8. The zero-order valence-corrected chi connectivity index (χ0v) is 25.5. The van der Waals surface area contributed by atoms with Crippen LogP contribution in [0.3, 0.4) is 0 Å². The fraction of sp³-hybridized carbons (Fsp3) is 0. The lowest BCUT2D eigenvalue weighted by Gasteiger charge is -2.18. The molecule has 5 aromatic carbocycles. The highest BCUT2D eigenvalue weighted by molar-refractivity contribution is 14.1. The lowest BCUT2D eigenvalue weighted by molar-refractivity contribution is 0.485. The molecule has 0 heterocycles. The highest BCUT2D eigenvalue weighted by Gasteiger charge is 2.30. The van der Waals surface area contributed by atoms with Gasteiger partial charge in [0, 0.05) is 28.7 Å². The van der Waals surface area contributed by atoms with Crippen LogP contribution >= 0.6 is 67.8 Å². The van der Waals surface area contributed by atoms with Crippen molar-refractivity contribution in [3.8, 4) is 5.75 Å². The summed E-state index contributed by atoms with van der Waals surface area (Å²) in [5.74, 6) is -0.00151. The van der Waals surface area contributed by atoms with Crippen LogP contribution in [0.1, 0.15) is 0 Å². The monoisotopic (exact) mass is 842 g/mol. The molecule has 5 aromatic rings. The molecule has 178 valence electrons. The van der Waals surface area contributed by atoms with E-state index in [1.54, 1.807) is 36.4 Å². The van der Waals surface area contributed by atoms with Crippen molar-refractivity contribution in [3.63, 3.8) is 0 Å². The van der Waals surface area contributed by atoms with Gasteiger partial charge in [0.25, 0.3) is 10.1 Å². The van der Waals surface area contributed by atoms with Crippen molar-refractivity contribution in [2.75, 3.05) is 0 Å². The average Bonchev–Trinajstić information content (AvgIpc) is 2.81. The van der Waals surface area contributed by atoms with E-state index in [1.165, 1.54) is 12.1 Å². The van der Waals surface area contributed by atoms with Gasteiger partial charge in [0.2, 0.25) is 0 Å². The third-order valence-corrected chi connectivity index (χ3v) is 12.9. The number of benzene rings is 5. The van der Waals surface area contributed by atoms with Crippen LogP contribution in [0.4, 0.5) is 0 Å². The van der Waals surface area contributed by atoms with Crippen molar-refractivity contribution in [1.29, 1.82) is 0 Å². The van der Waals surface area contributed by atoms with Gasteiger partial charge in [-0.25, -0.2) is 0 Å². The van der Waals surface area contributed by atoms with Crippen LogP contribution in [0.25, 0.3) is 32.3 Å². The first kappa shape index (κ1) is 25.4. The van der Waals surface area contributed by atoms with Gasteiger partial charge in [-0.15, -0.1) is 0 Å². The number of halogens is 3. The second-order valence-electron chi connectivity index (χ2n) is 7.58. The highest BCUT2D eigenvalue weighted by atomic mass is 127. The van der Waals surface area contributed by atoms with Crippen LogP contribution in [0.5, 0.6) is 5.75 Å². The molecule has 0 aliphatic rings. The second kappa shape index (κ2) is 9.24. The molecule has 0 aromatic heterocycles. The van der Waals surface area contributed by atoms with E-state index in [4.69, 9.17) is 4.18 Å². The maximum Gasteiger partial charge on any atom is 0.341 e. The van der Waals surface area contributed by atoms with E-state index in [0.29, 0.717) is 7.14 Å². The van der Waals surface area contributed by atoms with Crippen molar-refractivity contribution in [2.45, 2.75) is 9.79 Å². The van der Waals surface area contributed by atoms with Crippen LogP contribution in [-0.2, 0) is 20.2 Å². The van der Waals surface area contributed by atoms with E-state index >= 15 is 0 Å². The second-order valence-corrected chi connectivity index (χ2v) is 13.7. The Morgan fingerprint density at radius 3 is 1.40 bits per heavy atom. The van der Waals surface area contributed by atoms with E-state index in [0.717, 1.165) is 14.3 Å². The van der Waals surface area contributed by atoms with Crippen molar-refractivity contribution < 1.29 is 25.6 Å². The van der Waals surface area contributed by atoms with Gasteiger partial charge in [0.05, 0.1) is 3.57 Å². The van der Waals surface area contributed by atoms with Crippen LogP contribution < -0.4 is 4.18 Å². The molecule has 0 aliphatic carbocycles. The molecule has 0 saturated carbocycles. The third kappa shape index (κ3) is 4.31. The molecule has 0 saturated heterocycles. The van der Waals surface area contributed by atoms with Crippen molar-refractivity contribution in [1.82, 2.24) is 0 Å². The molecule has 5 rings (SSSR count). The first-order valence-electron chi connectivity index (χ1n) is 9.93. The lowest BCUT2D eigenvalue weighted by atomic mass is 10.0. The van der Waals surface area contributed by atoms with Crippen molar-refractivity contribution >= 4 is 120 Å². The van der Waals surface area contributed by atoms with E-state index in [1.807, 2.05) is 69.4 Å². The van der Waals surface area contributed by atoms with E-state index in [-0.39, 0.29) is 37.1 Å². The van der Waals surface area contributed by atoms with Crippen LogP contribution in [0, 0.1) is 10.7 Å². The van der Waals surface area contributed by atoms with Gasteiger partial charge in [-0.05, 0) is 78.5 Å². The van der Waals surface area contributed by atoms with Crippen LogP contribution in [0.15, 0.2) is 82.6 Å². The molecule has 1 N–H and O–H groups in total. The minimum atomic E-state index is -4.62. The van der Waals surface area contributed by atoms with E-state index in [9.17, 15) is 21.4 Å². The molecule has 6 nitrogen and oxygen atoms in total. The van der Waals surface area contributed by atoms with E-state index < -0.39 is 20.2 Å². The van der Waals surface area contributed by atoms with Crippen molar-refractivity contribution in [3.05, 3.63) is 83.5 Å². The summed E-state index contributed by atoms with van der Waals surface area (Å²) >= 11 is 6.17. The molecular formula is C24H13I3O6S2. The molecule has 0 fully saturated rings. The molecule has 0 amide bonds. The summed E-state index contributed by atoms with van der Waals surface area (Å²) in [5.41, 5.74) is 0. The average molecular weight is 842 g/mol. The predicted molar refractivity (Wildman–Crippen MR) is 161 cm³/mol. The van der Waals surface area contributed by atoms with Gasteiger partial charge in [0.15, 0.2) is 5.75 Å². The van der Waals surface area contributed by atoms with Crippen molar-refractivity contribution in [2.24, 2.45) is 0 Å². The SMILES string of the molecule is O=S(=O)(O)c1c2ccccc2c(OS(=O)(=O)c2c(I)c(I)c3ccccc3c2I)c2ccccc12. The molecule has 0 atom stereocenters. The van der Waals surface area contributed by atoms with Gasteiger partial charge < -0.3 is 4.18 Å². The van der Waals surface area contributed by atoms with Crippen LogP contribution in [0.2, 0.25) is 0 Å². The molecule has 11 heteroatoms. The summed E-state index contributed by atoms with van der Waals surface area (Å²) in [4.78, 5) is -0.244. The van der Waals surface area contributed by atoms with Gasteiger partial charge >= 0.3 is 10.1 Å². The molecule has 0 bridgehead atoms. The quantitative estimate of drug-likeness (QED) is 0.0691. The van der Waals surface area contributed by atoms with Gasteiger partial charge in [-0.2, -0.15) is 16.8 Å². The third-order valence-electron chi connectivity index (χ3n) is 5.53. The molecule has 0 spiro atoms. The normalized spacial score (nSPS) is 12.5. The summed E-state index contributed by atoms with van der Waals surface area (Å²) in [6.07, 6.45) is 0. The van der Waals surface area contributed by atoms with E-state index in [2.05, 4.69) is 22.6 Å². The van der Waals surface area contributed by atoms with Gasteiger partial charge in [0.1, 0.15) is 9.79 Å². The van der Waals surface area contributed by atoms with Crippen LogP contribution in [-0.4, -0.2) is 21.4 Å². The molecule has 0 aliphatic heterocycles. The molecule has 0 radical (unpaired) electrons. The summed E-state index contributed by atoms with van der Waals surface area (Å²) < 4.78 is 69.9. The predicted octanol–water partition coefficient (Wildman–Crippen LogP) is 6.97. The largest absolute Gasteiger partial charge is 0.378 e. The Labute approximate surface area is 242 Å². The minimum absolute atomic E-state index is 0.00151. The number of hydrogen-bond donors (Lipinski definition) is 1. The summed E-state index contributed by atoms with van der Waals surface area (Å²) in [6, 6.07) is 20.2. The Morgan fingerprint density at radius 1 is 0.543 bits per heavy atom. The summed E-state index contributed by atoms with van der Waals surface area (Å²) in [6.45, 7) is 0.